The second kappa shape index (κ2) is 5.41. The highest BCUT2D eigenvalue weighted by molar-refractivity contribution is 7.90. The zero-order valence-electron chi connectivity index (χ0n) is 11.0. The molecule has 1 N–H and O–H groups in total. The number of hydrogen-bond acceptors (Lipinski definition) is 4. The van der Waals surface area contributed by atoms with Gasteiger partial charge in [0.25, 0.3) is 10.0 Å². The Bertz CT molecular complexity index is 754. The SMILES string of the molecule is CCC(C)C(=O)NS(=O)(=O)c1c(Cl)nc2ccccn12. The molecule has 1 amide bonds. The van der Waals surface area contributed by atoms with Gasteiger partial charge >= 0.3 is 0 Å². The molecule has 1 unspecified atom stereocenters. The van der Waals surface area contributed by atoms with Crippen LogP contribution in [0.3, 0.4) is 0 Å². The molecule has 0 aliphatic rings. The number of halogens is 1. The summed E-state index contributed by atoms with van der Waals surface area (Å²) < 4.78 is 27.9. The average molecular weight is 316 g/mol. The van der Waals surface area contributed by atoms with E-state index in [-0.39, 0.29) is 10.2 Å². The van der Waals surface area contributed by atoms with E-state index in [1.54, 1.807) is 32.0 Å². The van der Waals surface area contributed by atoms with Gasteiger partial charge in [0.1, 0.15) is 5.65 Å². The highest BCUT2D eigenvalue weighted by atomic mass is 35.5. The second-order valence-corrected chi connectivity index (χ2v) is 6.37. The van der Waals surface area contributed by atoms with Crippen LogP contribution in [-0.4, -0.2) is 23.7 Å². The van der Waals surface area contributed by atoms with Crippen LogP contribution in [0.1, 0.15) is 20.3 Å². The summed E-state index contributed by atoms with van der Waals surface area (Å²) in [5, 5.41) is -0.396. The summed E-state index contributed by atoms with van der Waals surface area (Å²) >= 11 is 5.89. The zero-order valence-corrected chi connectivity index (χ0v) is 12.6. The Hall–Kier alpha value is -1.60. The molecule has 0 aliphatic carbocycles. The molecular formula is C12H14ClN3O3S. The summed E-state index contributed by atoms with van der Waals surface area (Å²) in [6, 6.07) is 4.99. The van der Waals surface area contributed by atoms with Crippen LogP contribution < -0.4 is 4.72 Å². The fourth-order valence-electron chi connectivity index (χ4n) is 1.65. The van der Waals surface area contributed by atoms with E-state index in [0.29, 0.717) is 12.1 Å². The van der Waals surface area contributed by atoms with Gasteiger partial charge in [-0.25, -0.2) is 9.71 Å². The summed E-state index contributed by atoms with van der Waals surface area (Å²) in [4.78, 5) is 15.7. The van der Waals surface area contributed by atoms with E-state index in [1.807, 2.05) is 4.72 Å². The summed E-state index contributed by atoms with van der Waals surface area (Å²) in [6.07, 6.45) is 2.07. The van der Waals surface area contributed by atoms with Crippen molar-refractivity contribution < 1.29 is 13.2 Å². The van der Waals surface area contributed by atoms with E-state index in [1.165, 1.54) is 10.6 Å². The lowest BCUT2D eigenvalue weighted by Crippen LogP contribution is -2.35. The minimum absolute atomic E-state index is 0.166. The number of aromatic nitrogens is 2. The molecule has 20 heavy (non-hydrogen) atoms. The Balaban J connectivity index is 2.47. The molecule has 0 saturated carbocycles. The normalized spacial score (nSPS) is 13.3. The first kappa shape index (κ1) is 14.8. The molecule has 0 aromatic carbocycles. The number of rotatable bonds is 4. The molecular weight excluding hydrogens is 302 g/mol. The Morgan fingerprint density at radius 3 is 2.85 bits per heavy atom. The predicted octanol–water partition coefficient (Wildman–Crippen LogP) is 1.84. The highest BCUT2D eigenvalue weighted by Crippen LogP contribution is 2.22. The Labute approximate surface area is 121 Å². The van der Waals surface area contributed by atoms with Crippen molar-refractivity contribution in [2.75, 3.05) is 0 Å². The lowest BCUT2D eigenvalue weighted by molar-refractivity contribution is -0.122. The average Bonchev–Trinajstić information content (AvgIpc) is 2.73. The fourth-order valence-corrected chi connectivity index (χ4v) is 3.38. The molecule has 108 valence electrons. The Morgan fingerprint density at radius 2 is 2.20 bits per heavy atom. The lowest BCUT2D eigenvalue weighted by atomic mass is 10.1. The van der Waals surface area contributed by atoms with E-state index < -0.39 is 21.8 Å². The number of pyridine rings is 1. The minimum Gasteiger partial charge on any atom is -0.288 e. The van der Waals surface area contributed by atoms with Crippen LogP contribution in [0.5, 0.6) is 0 Å². The van der Waals surface area contributed by atoms with Crippen LogP contribution in [0.2, 0.25) is 5.15 Å². The van der Waals surface area contributed by atoms with Crippen molar-refractivity contribution in [3.05, 3.63) is 29.5 Å². The van der Waals surface area contributed by atoms with Crippen LogP contribution in [0.15, 0.2) is 29.4 Å². The smallest absolute Gasteiger partial charge is 0.283 e. The van der Waals surface area contributed by atoms with Crippen molar-refractivity contribution in [3.63, 3.8) is 0 Å². The standard InChI is InChI=1S/C12H14ClN3O3S/c1-3-8(2)11(17)15-20(18,19)12-10(13)14-9-6-4-5-7-16(9)12/h4-8H,3H2,1-2H3,(H,15,17). The summed E-state index contributed by atoms with van der Waals surface area (Å²) in [7, 11) is -4.06. The maximum absolute atomic E-state index is 12.3. The highest BCUT2D eigenvalue weighted by Gasteiger charge is 2.27. The van der Waals surface area contributed by atoms with E-state index in [2.05, 4.69) is 4.98 Å². The van der Waals surface area contributed by atoms with Crippen LogP contribution in [-0.2, 0) is 14.8 Å². The van der Waals surface area contributed by atoms with E-state index >= 15 is 0 Å². The molecule has 2 heterocycles. The largest absolute Gasteiger partial charge is 0.288 e. The number of sulfonamides is 1. The van der Waals surface area contributed by atoms with Gasteiger partial charge in [0.05, 0.1) is 0 Å². The topological polar surface area (TPSA) is 80.5 Å². The lowest BCUT2D eigenvalue weighted by Gasteiger charge is -2.10. The minimum atomic E-state index is -4.06. The van der Waals surface area contributed by atoms with Gasteiger partial charge in [-0.3, -0.25) is 9.20 Å². The second-order valence-electron chi connectivity index (χ2n) is 4.42. The maximum atomic E-state index is 12.3. The number of imidazole rings is 1. The number of carbonyl (C=O) groups excluding carboxylic acids is 1. The van der Waals surface area contributed by atoms with Crippen LogP contribution in [0, 0.1) is 5.92 Å². The van der Waals surface area contributed by atoms with Crippen molar-refractivity contribution in [1.29, 1.82) is 0 Å². The third-order valence-corrected chi connectivity index (χ3v) is 4.74. The monoisotopic (exact) mass is 315 g/mol. The van der Waals surface area contributed by atoms with Gasteiger partial charge in [0.15, 0.2) is 10.2 Å². The van der Waals surface area contributed by atoms with Gasteiger partial charge in [-0.2, -0.15) is 8.42 Å². The van der Waals surface area contributed by atoms with Gasteiger partial charge < -0.3 is 0 Å². The molecule has 0 fully saturated rings. The zero-order chi connectivity index (χ0) is 14.9. The third-order valence-electron chi connectivity index (χ3n) is 3.00. The molecule has 2 aromatic rings. The van der Waals surface area contributed by atoms with E-state index in [9.17, 15) is 13.2 Å². The molecule has 8 heteroatoms. The number of amides is 1. The number of carbonyl (C=O) groups is 1. The van der Waals surface area contributed by atoms with Crippen molar-refractivity contribution in [2.45, 2.75) is 25.3 Å². The van der Waals surface area contributed by atoms with Gasteiger partial charge in [-0.05, 0) is 18.6 Å². The van der Waals surface area contributed by atoms with E-state index in [4.69, 9.17) is 11.6 Å². The quantitative estimate of drug-likeness (QED) is 0.933. The number of nitrogens with zero attached hydrogens (tertiary/aromatic N) is 2. The van der Waals surface area contributed by atoms with Gasteiger partial charge in [-0.15, -0.1) is 0 Å². The molecule has 0 spiro atoms. The molecule has 2 rings (SSSR count). The molecule has 0 bridgehead atoms. The molecule has 0 radical (unpaired) electrons. The molecule has 0 aliphatic heterocycles. The number of nitrogens with one attached hydrogen (secondary N) is 1. The number of hydrogen-bond donors (Lipinski definition) is 1. The summed E-state index contributed by atoms with van der Waals surface area (Å²) in [5.41, 5.74) is 0.397. The maximum Gasteiger partial charge on any atom is 0.283 e. The molecule has 2 aromatic heterocycles. The predicted molar refractivity (Wildman–Crippen MR) is 75.0 cm³/mol. The van der Waals surface area contributed by atoms with Gasteiger partial charge in [0, 0.05) is 12.1 Å². The molecule has 1 atom stereocenters. The van der Waals surface area contributed by atoms with Crippen molar-refractivity contribution in [1.82, 2.24) is 14.1 Å². The first-order chi connectivity index (χ1) is 9.36. The molecule has 6 nitrogen and oxygen atoms in total. The number of fused-ring (bicyclic) bond motifs is 1. The van der Waals surface area contributed by atoms with Crippen molar-refractivity contribution in [2.24, 2.45) is 5.92 Å². The van der Waals surface area contributed by atoms with Crippen LogP contribution in [0.25, 0.3) is 5.65 Å². The van der Waals surface area contributed by atoms with Crippen molar-refractivity contribution >= 4 is 33.2 Å². The Morgan fingerprint density at radius 1 is 1.50 bits per heavy atom. The Kier molecular flexibility index (Phi) is 4.01. The van der Waals surface area contributed by atoms with Crippen molar-refractivity contribution in [3.8, 4) is 0 Å². The van der Waals surface area contributed by atoms with Crippen LogP contribution >= 0.6 is 11.6 Å². The first-order valence-electron chi connectivity index (χ1n) is 6.06. The van der Waals surface area contributed by atoms with Gasteiger partial charge in [-0.1, -0.05) is 31.5 Å². The third kappa shape index (κ3) is 2.64. The first-order valence-corrected chi connectivity index (χ1v) is 7.92. The van der Waals surface area contributed by atoms with Crippen LogP contribution in [0.4, 0.5) is 0 Å². The van der Waals surface area contributed by atoms with Gasteiger partial charge in [0.2, 0.25) is 5.91 Å². The fraction of sp³-hybridized carbons (Fsp3) is 0.333. The molecule has 0 saturated heterocycles. The summed E-state index contributed by atoms with van der Waals surface area (Å²) in [5.74, 6) is -0.961. The van der Waals surface area contributed by atoms with E-state index in [0.717, 1.165) is 0 Å². The summed E-state index contributed by atoms with van der Waals surface area (Å²) in [6.45, 7) is 3.46.